The van der Waals surface area contributed by atoms with Crippen LogP contribution < -0.4 is 9.64 Å². The smallest absolute Gasteiger partial charge is 0.338 e. The Hall–Kier alpha value is -1.77. The van der Waals surface area contributed by atoms with E-state index in [2.05, 4.69) is 6.58 Å². The zero-order valence-electron chi connectivity index (χ0n) is 9.28. The van der Waals surface area contributed by atoms with Gasteiger partial charge in [0.15, 0.2) is 0 Å². The summed E-state index contributed by atoms with van der Waals surface area (Å²) in [5.74, 6) is 0.139. The molecule has 0 aromatic heterocycles. The average Bonchev–Trinajstić information content (AvgIpc) is 2.18. The van der Waals surface area contributed by atoms with E-state index in [4.69, 9.17) is 4.74 Å². The van der Waals surface area contributed by atoms with Gasteiger partial charge in [0.25, 0.3) is 0 Å². The quantitative estimate of drug-likeness (QED) is 0.430. The Morgan fingerprint density at radius 2 is 2.07 bits per heavy atom. The van der Waals surface area contributed by atoms with Crippen LogP contribution in [0.4, 0.5) is 5.69 Å². The summed E-state index contributed by atoms with van der Waals surface area (Å²) < 4.78 is 5.10. The lowest BCUT2D eigenvalue weighted by atomic mass is 10.3. The summed E-state index contributed by atoms with van der Waals surface area (Å²) in [5, 5.41) is 0. The zero-order valence-corrected chi connectivity index (χ0v) is 9.28. The molecular formula is C12H15NO2. The second-order valence-corrected chi connectivity index (χ2v) is 3.56. The molecule has 15 heavy (non-hydrogen) atoms. The number of rotatable bonds is 3. The molecule has 0 aliphatic carbocycles. The van der Waals surface area contributed by atoms with Crippen LogP contribution in [0, 0.1) is 0 Å². The normalized spacial score (nSPS) is 9.53. The fourth-order valence-corrected chi connectivity index (χ4v) is 1.02. The molecule has 0 spiro atoms. The Kier molecular flexibility index (Phi) is 3.50. The van der Waals surface area contributed by atoms with Gasteiger partial charge in [-0.05, 0) is 19.1 Å². The van der Waals surface area contributed by atoms with Gasteiger partial charge in [0.1, 0.15) is 5.75 Å². The Balaban J connectivity index is 2.82. The van der Waals surface area contributed by atoms with Crippen LogP contribution in [0.25, 0.3) is 0 Å². The molecule has 0 radical (unpaired) electrons. The van der Waals surface area contributed by atoms with Gasteiger partial charge < -0.3 is 9.64 Å². The molecule has 0 saturated carbocycles. The maximum atomic E-state index is 11.3. The van der Waals surface area contributed by atoms with E-state index >= 15 is 0 Å². The van der Waals surface area contributed by atoms with E-state index in [-0.39, 0.29) is 0 Å². The standard InChI is InChI=1S/C12H15NO2/c1-9(2)12(14)15-11-7-5-6-10(8-11)13(3)4/h5-8H,1H2,2-4H3. The molecule has 0 saturated heterocycles. The van der Waals surface area contributed by atoms with Crippen LogP contribution in [0.15, 0.2) is 36.4 Å². The highest BCUT2D eigenvalue weighted by Crippen LogP contribution is 2.19. The van der Waals surface area contributed by atoms with Crippen molar-refractivity contribution in [3.8, 4) is 5.75 Å². The number of hydrogen-bond acceptors (Lipinski definition) is 3. The topological polar surface area (TPSA) is 29.5 Å². The van der Waals surface area contributed by atoms with Gasteiger partial charge in [0, 0.05) is 31.4 Å². The summed E-state index contributed by atoms with van der Waals surface area (Å²) in [6, 6.07) is 7.34. The summed E-state index contributed by atoms with van der Waals surface area (Å²) in [6.07, 6.45) is 0. The van der Waals surface area contributed by atoms with Crippen molar-refractivity contribution in [3.63, 3.8) is 0 Å². The summed E-state index contributed by atoms with van der Waals surface area (Å²) >= 11 is 0. The van der Waals surface area contributed by atoms with Gasteiger partial charge in [0.05, 0.1) is 0 Å². The predicted molar refractivity (Wildman–Crippen MR) is 61.2 cm³/mol. The van der Waals surface area contributed by atoms with E-state index < -0.39 is 5.97 Å². The monoisotopic (exact) mass is 205 g/mol. The number of hydrogen-bond donors (Lipinski definition) is 0. The Morgan fingerprint density at radius 3 is 2.60 bits per heavy atom. The van der Waals surface area contributed by atoms with Gasteiger partial charge in [-0.15, -0.1) is 0 Å². The Bertz CT molecular complexity index is 383. The summed E-state index contributed by atoms with van der Waals surface area (Å²) in [7, 11) is 3.86. The minimum absolute atomic E-state index is 0.394. The second-order valence-electron chi connectivity index (χ2n) is 3.56. The van der Waals surface area contributed by atoms with E-state index in [0.29, 0.717) is 11.3 Å². The Morgan fingerprint density at radius 1 is 1.40 bits per heavy atom. The molecule has 0 bridgehead atoms. The first-order chi connectivity index (χ1) is 7.00. The first kappa shape index (κ1) is 11.3. The van der Waals surface area contributed by atoms with Crippen LogP contribution in [0.5, 0.6) is 5.75 Å². The molecule has 0 atom stereocenters. The van der Waals surface area contributed by atoms with E-state index in [1.54, 1.807) is 19.1 Å². The van der Waals surface area contributed by atoms with Crippen LogP contribution in [-0.4, -0.2) is 20.1 Å². The Labute approximate surface area is 90.0 Å². The van der Waals surface area contributed by atoms with Crippen molar-refractivity contribution in [2.75, 3.05) is 19.0 Å². The fourth-order valence-electron chi connectivity index (χ4n) is 1.02. The molecule has 0 aliphatic heterocycles. The van der Waals surface area contributed by atoms with Crippen LogP contribution >= 0.6 is 0 Å². The van der Waals surface area contributed by atoms with Crippen LogP contribution in [0.2, 0.25) is 0 Å². The number of ether oxygens (including phenoxy) is 1. The molecule has 0 amide bonds. The summed E-state index contributed by atoms with van der Waals surface area (Å²) in [6.45, 7) is 5.15. The molecule has 0 unspecified atom stereocenters. The number of benzene rings is 1. The second kappa shape index (κ2) is 4.64. The maximum Gasteiger partial charge on any atom is 0.338 e. The number of carbonyl (C=O) groups excluding carboxylic acids is 1. The average molecular weight is 205 g/mol. The predicted octanol–water partition coefficient (Wildman–Crippen LogP) is 2.23. The van der Waals surface area contributed by atoms with Crippen molar-refractivity contribution >= 4 is 11.7 Å². The first-order valence-electron chi connectivity index (χ1n) is 4.66. The number of anilines is 1. The van der Waals surface area contributed by atoms with Gasteiger partial charge in [-0.3, -0.25) is 0 Å². The SMILES string of the molecule is C=C(C)C(=O)Oc1cccc(N(C)C)c1. The lowest BCUT2D eigenvalue weighted by Gasteiger charge is -2.13. The van der Waals surface area contributed by atoms with Crippen LogP contribution in [0.3, 0.4) is 0 Å². The molecular weight excluding hydrogens is 190 g/mol. The van der Waals surface area contributed by atoms with Gasteiger partial charge in [-0.25, -0.2) is 4.79 Å². The number of nitrogens with zero attached hydrogens (tertiary/aromatic N) is 1. The molecule has 0 N–H and O–H groups in total. The highest BCUT2D eigenvalue weighted by molar-refractivity contribution is 5.88. The third kappa shape index (κ3) is 3.13. The van der Waals surface area contributed by atoms with Crippen molar-refractivity contribution in [2.24, 2.45) is 0 Å². The van der Waals surface area contributed by atoms with Crippen molar-refractivity contribution in [3.05, 3.63) is 36.4 Å². The van der Waals surface area contributed by atoms with E-state index in [0.717, 1.165) is 5.69 Å². The molecule has 80 valence electrons. The van der Waals surface area contributed by atoms with Gasteiger partial charge >= 0.3 is 5.97 Å². The summed E-state index contributed by atoms with van der Waals surface area (Å²) in [4.78, 5) is 13.2. The molecule has 3 nitrogen and oxygen atoms in total. The number of carbonyl (C=O) groups is 1. The van der Waals surface area contributed by atoms with Crippen molar-refractivity contribution in [1.82, 2.24) is 0 Å². The molecule has 0 heterocycles. The van der Waals surface area contributed by atoms with Crippen molar-refractivity contribution in [2.45, 2.75) is 6.92 Å². The van der Waals surface area contributed by atoms with Crippen molar-refractivity contribution < 1.29 is 9.53 Å². The van der Waals surface area contributed by atoms with E-state index in [1.807, 2.05) is 31.1 Å². The minimum Gasteiger partial charge on any atom is -0.423 e. The fraction of sp³-hybridized carbons (Fsp3) is 0.250. The molecule has 1 rings (SSSR count). The van der Waals surface area contributed by atoms with E-state index in [1.165, 1.54) is 0 Å². The zero-order chi connectivity index (χ0) is 11.4. The van der Waals surface area contributed by atoms with Crippen LogP contribution in [0.1, 0.15) is 6.92 Å². The molecule has 1 aromatic carbocycles. The highest BCUT2D eigenvalue weighted by Gasteiger charge is 2.05. The lowest BCUT2D eigenvalue weighted by Crippen LogP contribution is -2.11. The van der Waals surface area contributed by atoms with Crippen LogP contribution in [-0.2, 0) is 4.79 Å². The van der Waals surface area contributed by atoms with Gasteiger partial charge in [0.2, 0.25) is 0 Å². The molecule has 3 heteroatoms. The molecule has 0 fully saturated rings. The third-order valence-electron chi connectivity index (χ3n) is 1.89. The number of esters is 1. The lowest BCUT2D eigenvalue weighted by molar-refractivity contribution is -0.130. The van der Waals surface area contributed by atoms with Crippen molar-refractivity contribution in [1.29, 1.82) is 0 Å². The van der Waals surface area contributed by atoms with Gasteiger partial charge in [-0.2, -0.15) is 0 Å². The minimum atomic E-state index is -0.397. The highest BCUT2D eigenvalue weighted by atomic mass is 16.5. The summed E-state index contributed by atoms with van der Waals surface area (Å²) in [5.41, 5.74) is 1.38. The largest absolute Gasteiger partial charge is 0.423 e. The van der Waals surface area contributed by atoms with E-state index in [9.17, 15) is 4.79 Å². The maximum absolute atomic E-state index is 11.3. The van der Waals surface area contributed by atoms with Gasteiger partial charge in [-0.1, -0.05) is 12.6 Å². The molecule has 0 aliphatic rings. The molecule has 1 aromatic rings. The first-order valence-corrected chi connectivity index (χ1v) is 4.66. The third-order valence-corrected chi connectivity index (χ3v) is 1.89.